The highest BCUT2D eigenvalue weighted by Gasteiger charge is 2.31. The molecule has 0 unspecified atom stereocenters. The monoisotopic (exact) mass is 407 g/mol. The number of nitrogens with zero attached hydrogens (tertiary/aromatic N) is 2. The molecule has 2 amide bonds. The van der Waals surface area contributed by atoms with Gasteiger partial charge in [-0.15, -0.1) is 0 Å². The van der Waals surface area contributed by atoms with Gasteiger partial charge in [-0.25, -0.2) is 13.1 Å². The van der Waals surface area contributed by atoms with Crippen LogP contribution in [0.5, 0.6) is 0 Å². The van der Waals surface area contributed by atoms with Crippen molar-refractivity contribution in [3.8, 4) is 0 Å². The van der Waals surface area contributed by atoms with E-state index in [4.69, 9.17) is 0 Å². The molecule has 2 aromatic carbocycles. The van der Waals surface area contributed by atoms with Crippen molar-refractivity contribution in [2.24, 2.45) is 0 Å². The first-order valence-electron chi connectivity index (χ1n) is 8.03. The minimum atomic E-state index is -4.69. The predicted octanol–water partition coefficient (Wildman–Crippen LogP) is 1.76. The standard InChI is InChI=1S/C17H14FN3O6S/c1-10(22)20-8-7-11-9-12(5-6-14(11)20)17(23)19-28(26,27)15-4-2-3-13(18)16(15)21(24)25/h2-6,9H,7-8H2,1H3,(H,19,23). The summed E-state index contributed by atoms with van der Waals surface area (Å²) in [4.78, 5) is 34.4. The van der Waals surface area contributed by atoms with Crippen LogP contribution in [0.1, 0.15) is 22.8 Å². The van der Waals surface area contributed by atoms with E-state index >= 15 is 0 Å². The van der Waals surface area contributed by atoms with Crippen molar-refractivity contribution in [2.45, 2.75) is 18.2 Å². The second-order valence-electron chi connectivity index (χ2n) is 6.04. The molecule has 0 aliphatic carbocycles. The quantitative estimate of drug-likeness (QED) is 0.608. The molecule has 0 spiro atoms. The molecule has 0 radical (unpaired) electrons. The molecule has 1 aliphatic heterocycles. The summed E-state index contributed by atoms with van der Waals surface area (Å²) in [6.45, 7) is 1.86. The Morgan fingerprint density at radius 1 is 1.25 bits per heavy atom. The van der Waals surface area contributed by atoms with Gasteiger partial charge in [-0.1, -0.05) is 6.07 Å². The van der Waals surface area contributed by atoms with Crippen LogP contribution in [0.3, 0.4) is 0 Å². The second kappa shape index (κ2) is 7.00. The van der Waals surface area contributed by atoms with E-state index in [1.807, 2.05) is 0 Å². The molecule has 2 aromatic rings. The van der Waals surface area contributed by atoms with Crippen molar-refractivity contribution in [2.75, 3.05) is 11.4 Å². The average molecular weight is 407 g/mol. The lowest BCUT2D eigenvalue weighted by atomic mass is 10.1. The normalized spacial score (nSPS) is 13.1. The molecule has 0 bridgehead atoms. The van der Waals surface area contributed by atoms with Crippen LogP contribution in [0.15, 0.2) is 41.3 Å². The smallest absolute Gasteiger partial charge is 0.312 e. The van der Waals surface area contributed by atoms with E-state index in [1.54, 1.807) is 4.72 Å². The molecule has 0 aromatic heterocycles. The highest BCUT2D eigenvalue weighted by atomic mass is 32.2. The number of hydrogen-bond donors (Lipinski definition) is 1. The van der Waals surface area contributed by atoms with Crippen LogP contribution in [0.2, 0.25) is 0 Å². The Balaban J connectivity index is 1.91. The molecule has 11 heteroatoms. The van der Waals surface area contributed by atoms with E-state index in [2.05, 4.69) is 0 Å². The van der Waals surface area contributed by atoms with Crippen molar-refractivity contribution >= 4 is 33.2 Å². The number of halogens is 1. The zero-order chi connectivity index (χ0) is 20.6. The van der Waals surface area contributed by atoms with Gasteiger partial charge in [0.2, 0.25) is 11.7 Å². The number of nitro benzene ring substituents is 1. The van der Waals surface area contributed by atoms with Gasteiger partial charge in [0, 0.05) is 24.7 Å². The number of amides is 2. The molecule has 0 saturated carbocycles. The van der Waals surface area contributed by atoms with Crippen molar-refractivity contribution in [3.63, 3.8) is 0 Å². The average Bonchev–Trinajstić information content (AvgIpc) is 3.04. The lowest BCUT2D eigenvalue weighted by molar-refractivity contribution is -0.390. The third-order valence-electron chi connectivity index (χ3n) is 4.27. The van der Waals surface area contributed by atoms with Gasteiger partial charge < -0.3 is 4.90 Å². The van der Waals surface area contributed by atoms with E-state index < -0.39 is 37.3 Å². The minimum Gasteiger partial charge on any atom is -0.312 e. The van der Waals surface area contributed by atoms with Crippen molar-refractivity contribution in [1.29, 1.82) is 0 Å². The van der Waals surface area contributed by atoms with Gasteiger partial charge in [0.25, 0.3) is 15.9 Å². The topological polar surface area (TPSA) is 127 Å². The summed E-state index contributed by atoms with van der Waals surface area (Å²) in [5.41, 5.74) is 0.0743. The highest BCUT2D eigenvalue weighted by Crippen LogP contribution is 2.30. The van der Waals surface area contributed by atoms with Crippen LogP contribution in [-0.4, -0.2) is 31.7 Å². The molecule has 146 valence electrons. The van der Waals surface area contributed by atoms with Crippen molar-refractivity contribution in [3.05, 3.63) is 63.5 Å². The van der Waals surface area contributed by atoms with E-state index in [0.717, 1.165) is 18.2 Å². The number of nitrogens with one attached hydrogen (secondary N) is 1. The van der Waals surface area contributed by atoms with Crippen molar-refractivity contribution in [1.82, 2.24) is 4.72 Å². The number of anilines is 1. The fourth-order valence-electron chi connectivity index (χ4n) is 3.00. The lowest BCUT2D eigenvalue weighted by Gasteiger charge is -2.14. The SMILES string of the molecule is CC(=O)N1CCc2cc(C(=O)NS(=O)(=O)c3cccc(F)c3[N+](=O)[O-])ccc21. The van der Waals surface area contributed by atoms with Gasteiger partial charge in [-0.05, 0) is 42.3 Å². The first-order valence-corrected chi connectivity index (χ1v) is 9.51. The maximum atomic E-state index is 13.7. The zero-order valence-corrected chi connectivity index (χ0v) is 15.3. The number of rotatable bonds is 4. The van der Waals surface area contributed by atoms with Gasteiger partial charge in [-0.2, -0.15) is 4.39 Å². The molecule has 0 fully saturated rings. The Kier molecular flexibility index (Phi) is 4.86. The first-order chi connectivity index (χ1) is 13.1. The number of carbonyl (C=O) groups excluding carboxylic acids is 2. The number of hydrogen-bond acceptors (Lipinski definition) is 6. The molecule has 1 N–H and O–H groups in total. The van der Waals surface area contributed by atoms with Crippen LogP contribution in [0.4, 0.5) is 15.8 Å². The molecule has 1 aliphatic rings. The Labute approximate surface area is 159 Å². The predicted molar refractivity (Wildman–Crippen MR) is 95.9 cm³/mol. The fraction of sp³-hybridized carbons (Fsp3) is 0.176. The van der Waals surface area contributed by atoms with Gasteiger partial charge in [0.05, 0.1) is 4.92 Å². The number of carbonyl (C=O) groups is 2. The number of nitro groups is 1. The largest absolute Gasteiger partial charge is 0.325 e. The number of sulfonamides is 1. The molecular weight excluding hydrogens is 393 g/mol. The van der Waals surface area contributed by atoms with Crippen molar-refractivity contribution < 1.29 is 27.3 Å². The highest BCUT2D eigenvalue weighted by molar-refractivity contribution is 7.90. The van der Waals surface area contributed by atoms with Gasteiger partial charge >= 0.3 is 5.69 Å². The molecule has 28 heavy (non-hydrogen) atoms. The minimum absolute atomic E-state index is 0.00761. The molecule has 3 rings (SSSR count). The number of fused-ring (bicyclic) bond motifs is 1. The zero-order valence-electron chi connectivity index (χ0n) is 14.5. The number of benzene rings is 2. The molecule has 0 atom stereocenters. The second-order valence-corrected chi connectivity index (χ2v) is 7.69. The summed E-state index contributed by atoms with van der Waals surface area (Å²) in [6.07, 6.45) is 0.498. The van der Waals surface area contributed by atoms with E-state index in [-0.39, 0.29) is 11.5 Å². The summed E-state index contributed by atoms with van der Waals surface area (Å²) in [7, 11) is -4.69. The molecule has 9 nitrogen and oxygen atoms in total. The summed E-state index contributed by atoms with van der Waals surface area (Å²) in [6, 6.07) is 6.89. The van der Waals surface area contributed by atoms with Gasteiger partial charge in [0.15, 0.2) is 4.90 Å². The summed E-state index contributed by atoms with van der Waals surface area (Å²) >= 11 is 0. The van der Waals surface area contributed by atoms with Crippen LogP contribution < -0.4 is 9.62 Å². The number of para-hydroxylation sites is 1. The summed E-state index contributed by atoms with van der Waals surface area (Å²) in [5, 5.41) is 11.0. The Hall–Kier alpha value is -3.34. The Morgan fingerprint density at radius 2 is 1.96 bits per heavy atom. The Morgan fingerprint density at radius 3 is 2.61 bits per heavy atom. The lowest BCUT2D eigenvalue weighted by Crippen LogP contribution is -2.31. The van der Waals surface area contributed by atoms with Gasteiger partial charge in [-0.3, -0.25) is 19.7 Å². The molecule has 1 heterocycles. The Bertz CT molecular complexity index is 1120. The van der Waals surface area contributed by atoms with Crippen LogP contribution in [0, 0.1) is 15.9 Å². The first kappa shape index (κ1) is 19.4. The van der Waals surface area contributed by atoms with Crippen LogP contribution in [0.25, 0.3) is 0 Å². The van der Waals surface area contributed by atoms with E-state index in [1.165, 1.54) is 30.0 Å². The van der Waals surface area contributed by atoms with Crippen LogP contribution in [-0.2, 0) is 21.2 Å². The van der Waals surface area contributed by atoms with E-state index in [9.17, 15) is 32.5 Å². The van der Waals surface area contributed by atoms with Crippen LogP contribution >= 0.6 is 0 Å². The third-order valence-corrected chi connectivity index (χ3v) is 5.63. The fourth-order valence-corrected chi connectivity index (χ4v) is 4.15. The maximum absolute atomic E-state index is 13.7. The summed E-state index contributed by atoms with van der Waals surface area (Å²) in [5.74, 6) is -2.51. The van der Waals surface area contributed by atoms with Gasteiger partial charge in [0.1, 0.15) is 0 Å². The summed E-state index contributed by atoms with van der Waals surface area (Å²) < 4.78 is 40.2. The molecular formula is C17H14FN3O6S. The molecule has 0 saturated heterocycles. The maximum Gasteiger partial charge on any atom is 0.325 e. The third kappa shape index (κ3) is 3.43. The van der Waals surface area contributed by atoms with E-state index in [0.29, 0.717) is 24.2 Å².